The Kier molecular flexibility index (Phi) is 4.77. The number of hydrogen-bond acceptors (Lipinski definition) is 3. The first-order valence-electron chi connectivity index (χ1n) is 6.13. The van der Waals surface area contributed by atoms with Crippen LogP contribution in [-0.2, 0) is 9.53 Å². The fourth-order valence-electron chi connectivity index (χ4n) is 1.60. The van der Waals surface area contributed by atoms with Gasteiger partial charge >= 0.3 is 5.97 Å². The van der Waals surface area contributed by atoms with E-state index in [1.54, 1.807) is 0 Å². The fourth-order valence-corrected chi connectivity index (χ4v) is 1.60. The summed E-state index contributed by atoms with van der Waals surface area (Å²) in [4.78, 5) is 23.1. The van der Waals surface area contributed by atoms with Crippen LogP contribution in [0.25, 0.3) is 0 Å². The van der Waals surface area contributed by atoms with Crippen LogP contribution in [0.4, 0.5) is 18.9 Å². The Hall–Kier alpha value is -2.83. The highest BCUT2D eigenvalue weighted by Gasteiger charge is 2.13. The molecule has 1 amide bonds. The molecule has 2 rings (SSSR count). The van der Waals surface area contributed by atoms with Crippen LogP contribution in [0, 0.1) is 17.5 Å². The van der Waals surface area contributed by atoms with Crippen molar-refractivity contribution < 1.29 is 27.5 Å². The maximum Gasteiger partial charge on any atom is 0.338 e. The maximum absolute atomic E-state index is 13.0. The summed E-state index contributed by atoms with van der Waals surface area (Å²) >= 11 is 0. The molecule has 0 bridgehead atoms. The molecule has 0 spiro atoms. The lowest BCUT2D eigenvalue weighted by atomic mass is 10.2. The third-order valence-electron chi connectivity index (χ3n) is 2.60. The molecule has 1 N–H and O–H groups in total. The van der Waals surface area contributed by atoms with Crippen LogP contribution in [0.15, 0.2) is 42.5 Å². The Morgan fingerprint density at radius 1 is 1.00 bits per heavy atom. The van der Waals surface area contributed by atoms with E-state index in [4.69, 9.17) is 0 Å². The van der Waals surface area contributed by atoms with E-state index in [2.05, 4.69) is 10.1 Å². The topological polar surface area (TPSA) is 55.4 Å². The summed E-state index contributed by atoms with van der Waals surface area (Å²) in [7, 11) is 0. The van der Waals surface area contributed by atoms with Crippen LogP contribution >= 0.6 is 0 Å². The predicted molar refractivity (Wildman–Crippen MR) is 71.7 cm³/mol. The molecule has 0 fully saturated rings. The smallest absolute Gasteiger partial charge is 0.338 e. The van der Waals surface area contributed by atoms with Gasteiger partial charge in [0.1, 0.15) is 5.82 Å². The van der Waals surface area contributed by atoms with E-state index in [0.29, 0.717) is 6.07 Å². The van der Waals surface area contributed by atoms with Crippen molar-refractivity contribution in [2.24, 2.45) is 0 Å². The predicted octanol–water partition coefficient (Wildman–Crippen LogP) is 2.90. The van der Waals surface area contributed by atoms with Gasteiger partial charge in [0.25, 0.3) is 5.91 Å². The first kappa shape index (κ1) is 15.6. The van der Waals surface area contributed by atoms with E-state index in [0.717, 1.165) is 18.2 Å². The van der Waals surface area contributed by atoms with Gasteiger partial charge in [0.15, 0.2) is 18.2 Å². The van der Waals surface area contributed by atoms with E-state index in [1.165, 1.54) is 18.2 Å². The summed E-state index contributed by atoms with van der Waals surface area (Å²) in [6, 6.07) is 7.64. The van der Waals surface area contributed by atoms with Gasteiger partial charge < -0.3 is 10.1 Å². The molecule has 0 unspecified atom stereocenters. The number of carbonyl (C=O) groups is 2. The quantitative estimate of drug-likeness (QED) is 0.884. The van der Waals surface area contributed by atoms with Gasteiger partial charge in [-0.25, -0.2) is 18.0 Å². The highest BCUT2D eigenvalue weighted by Crippen LogP contribution is 2.11. The van der Waals surface area contributed by atoms with Gasteiger partial charge in [0.2, 0.25) is 0 Å². The Balaban J connectivity index is 1.90. The van der Waals surface area contributed by atoms with Crippen molar-refractivity contribution >= 4 is 17.6 Å². The minimum Gasteiger partial charge on any atom is -0.452 e. The summed E-state index contributed by atoms with van der Waals surface area (Å²) in [6.45, 7) is -0.645. The second-order valence-corrected chi connectivity index (χ2v) is 4.26. The fraction of sp³-hybridized carbons (Fsp3) is 0.0667. The first-order valence-corrected chi connectivity index (χ1v) is 6.13. The number of nitrogens with one attached hydrogen (secondary N) is 1. The van der Waals surface area contributed by atoms with Crippen molar-refractivity contribution in [3.8, 4) is 0 Å². The van der Waals surface area contributed by atoms with Gasteiger partial charge in [-0.2, -0.15) is 0 Å². The van der Waals surface area contributed by atoms with Crippen molar-refractivity contribution in [1.82, 2.24) is 0 Å². The third kappa shape index (κ3) is 4.08. The summed E-state index contributed by atoms with van der Waals surface area (Å²) in [5.41, 5.74) is -0.0219. The normalized spacial score (nSPS) is 10.1. The molecule has 0 saturated heterocycles. The van der Waals surface area contributed by atoms with Crippen molar-refractivity contribution in [2.45, 2.75) is 0 Å². The number of carbonyl (C=O) groups excluding carboxylic acids is 2. The van der Waals surface area contributed by atoms with Crippen molar-refractivity contribution in [3.05, 3.63) is 65.5 Å². The molecule has 4 nitrogen and oxygen atoms in total. The molecular formula is C15H10F3NO3. The zero-order chi connectivity index (χ0) is 16.1. The van der Waals surface area contributed by atoms with Crippen LogP contribution in [0.1, 0.15) is 10.4 Å². The summed E-state index contributed by atoms with van der Waals surface area (Å²) in [5.74, 6) is -4.49. The molecule has 0 atom stereocenters. The Bertz CT molecular complexity index is 719. The molecule has 22 heavy (non-hydrogen) atoms. The van der Waals surface area contributed by atoms with Crippen molar-refractivity contribution in [2.75, 3.05) is 11.9 Å². The molecule has 0 heterocycles. The van der Waals surface area contributed by atoms with Crippen LogP contribution < -0.4 is 5.32 Å². The Labute approximate surface area is 123 Å². The molecule has 2 aromatic rings. The molecule has 114 valence electrons. The van der Waals surface area contributed by atoms with Gasteiger partial charge in [-0.3, -0.25) is 4.79 Å². The number of benzene rings is 2. The zero-order valence-electron chi connectivity index (χ0n) is 11.1. The van der Waals surface area contributed by atoms with E-state index < -0.39 is 35.9 Å². The van der Waals surface area contributed by atoms with Crippen molar-refractivity contribution in [1.29, 1.82) is 0 Å². The number of esters is 1. The van der Waals surface area contributed by atoms with Crippen LogP contribution in [0.5, 0.6) is 0 Å². The molecule has 0 radical (unpaired) electrons. The minimum absolute atomic E-state index is 0.203. The molecular weight excluding hydrogens is 299 g/mol. The lowest BCUT2D eigenvalue weighted by Gasteiger charge is -2.07. The van der Waals surface area contributed by atoms with Crippen LogP contribution in [0.3, 0.4) is 0 Å². The molecule has 2 aromatic carbocycles. The van der Waals surface area contributed by atoms with E-state index in [1.807, 2.05) is 0 Å². The van der Waals surface area contributed by atoms with Gasteiger partial charge in [0, 0.05) is 5.69 Å². The summed E-state index contributed by atoms with van der Waals surface area (Å²) < 4.78 is 43.3. The van der Waals surface area contributed by atoms with E-state index >= 15 is 0 Å². The number of anilines is 1. The van der Waals surface area contributed by atoms with Gasteiger partial charge in [-0.05, 0) is 36.4 Å². The maximum atomic E-state index is 13.0. The van der Waals surface area contributed by atoms with Gasteiger partial charge in [-0.15, -0.1) is 0 Å². The highest BCUT2D eigenvalue weighted by molar-refractivity contribution is 5.95. The minimum atomic E-state index is -1.20. The standard InChI is InChI=1S/C15H10F3NO3/c16-10-2-1-3-11(7-10)19-14(20)8-22-15(21)9-4-5-12(17)13(18)6-9/h1-7H,8H2,(H,19,20). The van der Waals surface area contributed by atoms with Crippen molar-refractivity contribution in [3.63, 3.8) is 0 Å². The number of hydrogen-bond donors (Lipinski definition) is 1. The Morgan fingerprint density at radius 2 is 1.77 bits per heavy atom. The van der Waals surface area contributed by atoms with Gasteiger partial charge in [0.05, 0.1) is 5.56 Å². The van der Waals surface area contributed by atoms with E-state index in [9.17, 15) is 22.8 Å². The second kappa shape index (κ2) is 6.75. The lowest BCUT2D eigenvalue weighted by molar-refractivity contribution is -0.119. The average Bonchev–Trinajstić information content (AvgIpc) is 2.47. The van der Waals surface area contributed by atoms with Crippen LogP contribution in [-0.4, -0.2) is 18.5 Å². The number of halogens is 3. The average molecular weight is 309 g/mol. The molecule has 0 aliphatic carbocycles. The molecule has 0 aliphatic heterocycles. The molecule has 7 heteroatoms. The highest BCUT2D eigenvalue weighted by atomic mass is 19.2. The SMILES string of the molecule is O=C(COC(=O)c1ccc(F)c(F)c1)Nc1cccc(F)c1. The number of rotatable bonds is 4. The first-order chi connectivity index (χ1) is 10.5. The largest absolute Gasteiger partial charge is 0.452 e. The summed E-state index contributed by atoms with van der Waals surface area (Å²) in [5, 5.41) is 2.32. The molecule has 0 aromatic heterocycles. The third-order valence-corrected chi connectivity index (χ3v) is 2.60. The van der Waals surface area contributed by atoms with E-state index in [-0.39, 0.29) is 11.3 Å². The molecule has 0 aliphatic rings. The zero-order valence-corrected chi connectivity index (χ0v) is 11.1. The lowest BCUT2D eigenvalue weighted by Crippen LogP contribution is -2.21. The Morgan fingerprint density at radius 3 is 2.45 bits per heavy atom. The van der Waals surface area contributed by atoms with Crippen LogP contribution in [0.2, 0.25) is 0 Å². The van der Waals surface area contributed by atoms with Gasteiger partial charge in [-0.1, -0.05) is 6.07 Å². The summed E-state index contributed by atoms with van der Waals surface area (Å²) in [6.07, 6.45) is 0. The number of amides is 1. The second-order valence-electron chi connectivity index (χ2n) is 4.26. The molecule has 0 saturated carbocycles. The monoisotopic (exact) mass is 309 g/mol. The number of ether oxygens (including phenoxy) is 1.